The summed E-state index contributed by atoms with van der Waals surface area (Å²) in [4.78, 5) is 89.8. The SMILES string of the molecule is COc1cc(F)ccc1-c1cc(Nc2cc(CS(C)(=O)=NC(=O)CN3CCC(c4cn(C5CN(C(=O)CNc6cccc7c6C(=O)N(C6CCC(=O)NC6=O)C7=O)C5)nn4)CC3)ccn2)ncc1F. The third-order valence-electron chi connectivity index (χ3n) is 12.5. The first kappa shape index (κ1) is 46.6. The van der Waals surface area contributed by atoms with E-state index in [1.54, 1.807) is 33.8 Å². The van der Waals surface area contributed by atoms with Crippen molar-refractivity contribution < 1.29 is 46.5 Å². The number of aromatic nitrogens is 5. The molecular formula is C46H46F2N12O8S. The van der Waals surface area contributed by atoms with Crippen LogP contribution in [-0.2, 0) is 34.7 Å². The first-order chi connectivity index (χ1) is 33.1. The Morgan fingerprint density at radius 3 is 2.49 bits per heavy atom. The number of hydrogen-bond acceptors (Lipinski definition) is 15. The standard InChI is InChI=1S/C46H46F2N12O8S/c1-68-37-17-28(47)6-7-30(37)32-18-39(51-19-33(32)48)52-38-16-26(10-13-49-38)25-69(2,67)55-41(62)24-57-14-11-27(12-15-57)35-23-59(56-54-35)29-21-58(22-29)42(63)20-50-34-5-3-4-31-43(34)46(66)60(45(31)65)36-8-9-40(61)53-44(36)64/h3-7,10,13,16-19,23,27,29,36,50H,8-9,11-12,14-15,20-22,24-25H2,1-2H3,(H,49,51,52)(H,53,61,64). The molecule has 3 aromatic heterocycles. The zero-order valence-electron chi connectivity index (χ0n) is 37.4. The number of piperidine rings is 2. The minimum atomic E-state index is -2.99. The van der Waals surface area contributed by atoms with Gasteiger partial charge in [-0.1, -0.05) is 11.3 Å². The van der Waals surface area contributed by atoms with Gasteiger partial charge in [0.25, 0.3) is 17.7 Å². The third kappa shape index (κ3) is 10.0. The Hall–Kier alpha value is -7.53. The zero-order valence-corrected chi connectivity index (χ0v) is 38.2. The zero-order chi connectivity index (χ0) is 48.6. The Labute approximate surface area is 394 Å². The van der Waals surface area contributed by atoms with Gasteiger partial charge in [0.05, 0.1) is 64.7 Å². The van der Waals surface area contributed by atoms with Gasteiger partial charge in [-0.05, 0) is 80.4 Å². The van der Waals surface area contributed by atoms with E-state index in [9.17, 15) is 41.8 Å². The van der Waals surface area contributed by atoms with Gasteiger partial charge in [0.2, 0.25) is 17.7 Å². The van der Waals surface area contributed by atoms with Crippen LogP contribution in [0.4, 0.5) is 26.1 Å². The van der Waals surface area contributed by atoms with Gasteiger partial charge in [0.15, 0.2) is 0 Å². The molecule has 3 fully saturated rings. The molecular weight excluding hydrogens is 919 g/mol. The molecule has 69 heavy (non-hydrogen) atoms. The van der Waals surface area contributed by atoms with Crippen LogP contribution in [0.5, 0.6) is 5.75 Å². The van der Waals surface area contributed by atoms with Gasteiger partial charge >= 0.3 is 0 Å². The number of ether oxygens (including phenoxy) is 1. The van der Waals surface area contributed by atoms with Crippen LogP contribution >= 0.6 is 0 Å². The summed E-state index contributed by atoms with van der Waals surface area (Å²) in [5.41, 5.74) is 2.35. The number of rotatable bonds is 14. The van der Waals surface area contributed by atoms with Crippen LogP contribution in [0, 0.1) is 11.6 Å². The highest BCUT2D eigenvalue weighted by Crippen LogP contribution is 2.35. The minimum absolute atomic E-state index is 0.00633. The molecule has 5 aromatic rings. The average Bonchev–Trinajstić information content (AvgIpc) is 3.88. The van der Waals surface area contributed by atoms with Gasteiger partial charge in [-0.2, -0.15) is 4.36 Å². The van der Waals surface area contributed by atoms with Gasteiger partial charge in [0.1, 0.15) is 35.1 Å². The highest BCUT2D eigenvalue weighted by molar-refractivity contribution is 7.92. The molecule has 4 aliphatic heterocycles. The van der Waals surface area contributed by atoms with Crippen molar-refractivity contribution in [3.63, 3.8) is 0 Å². The summed E-state index contributed by atoms with van der Waals surface area (Å²) < 4.78 is 53.3. The predicted molar refractivity (Wildman–Crippen MR) is 245 cm³/mol. The fraction of sp³-hybridized carbons (Fsp3) is 0.348. The molecule has 6 amide bonds. The van der Waals surface area contributed by atoms with Gasteiger partial charge in [-0.25, -0.2) is 27.6 Å². The molecule has 23 heteroatoms. The molecule has 2 aromatic carbocycles. The molecule has 20 nitrogen and oxygen atoms in total. The molecule has 3 N–H and O–H groups in total. The van der Waals surface area contributed by atoms with Crippen molar-refractivity contribution in [2.24, 2.45) is 4.36 Å². The lowest BCUT2D eigenvalue weighted by molar-refractivity contribution is -0.136. The van der Waals surface area contributed by atoms with Crippen LogP contribution in [0.15, 0.2) is 77.6 Å². The molecule has 2 atom stereocenters. The topological polar surface area (TPSA) is 243 Å². The number of amides is 6. The minimum Gasteiger partial charge on any atom is -0.496 e. The van der Waals surface area contributed by atoms with E-state index in [2.05, 4.69) is 40.6 Å². The summed E-state index contributed by atoms with van der Waals surface area (Å²) in [6.45, 7) is 1.84. The van der Waals surface area contributed by atoms with Crippen molar-refractivity contribution in [3.8, 4) is 16.9 Å². The first-order valence-corrected chi connectivity index (χ1v) is 24.2. The summed E-state index contributed by atoms with van der Waals surface area (Å²) in [6, 6.07) is 12.0. The number of pyridine rings is 2. The lowest BCUT2D eigenvalue weighted by Gasteiger charge is -2.39. The van der Waals surface area contributed by atoms with E-state index in [4.69, 9.17) is 4.74 Å². The summed E-state index contributed by atoms with van der Waals surface area (Å²) in [5.74, 6) is -3.55. The average molecular weight is 965 g/mol. The van der Waals surface area contributed by atoms with E-state index in [1.165, 1.54) is 43.8 Å². The van der Waals surface area contributed by atoms with Gasteiger partial charge in [-0.15, -0.1) is 5.10 Å². The highest BCUT2D eigenvalue weighted by atomic mass is 32.2. The molecule has 9 rings (SSSR count). The molecule has 0 radical (unpaired) electrons. The smallest absolute Gasteiger partial charge is 0.267 e. The molecule has 358 valence electrons. The van der Waals surface area contributed by atoms with Crippen LogP contribution < -0.4 is 20.7 Å². The number of benzene rings is 2. The fourth-order valence-corrected chi connectivity index (χ4v) is 10.3. The largest absolute Gasteiger partial charge is 0.496 e. The molecule has 4 aliphatic rings. The maximum Gasteiger partial charge on any atom is 0.267 e. The maximum absolute atomic E-state index is 14.8. The van der Waals surface area contributed by atoms with E-state index >= 15 is 0 Å². The Kier molecular flexibility index (Phi) is 13.0. The number of halogens is 2. The number of nitrogens with one attached hydrogen (secondary N) is 3. The molecule has 0 saturated carbocycles. The number of fused-ring (bicyclic) bond motifs is 1. The summed E-state index contributed by atoms with van der Waals surface area (Å²) in [6.07, 6.45) is 7.32. The summed E-state index contributed by atoms with van der Waals surface area (Å²) in [7, 11) is -1.63. The molecule has 0 bridgehead atoms. The van der Waals surface area contributed by atoms with E-state index in [-0.39, 0.29) is 77.8 Å². The van der Waals surface area contributed by atoms with Crippen LogP contribution in [0.1, 0.15) is 69.6 Å². The fourth-order valence-electron chi connectivity index (χ4n) is 8.96. The van der Waals surface area contributed by atoms with Crippen LogP contribution in [0.2, 0.25) is 0 Å². The predicted octanol–water partition coefficient (Wildman–Crippen LogP) is 3.67. The second-order valence-corrected chi connectivity index (χ2v) is 19.7. The highest BCUT2D eigenvalue weighted by Gasteiger charge is 2.46. The maximum atomic E-state index is 14.8. The normalized spacial score (nSPS) is 18.6. The first-order valence-electron chi connectivity index (χ1n) is 22.1. The van der Waals surface area contributed by atoms with Crippen molar-refractivity contribution in [2.45, 2.75) is 49.4 Å². The number of hydrogen-bond donors (Lipinski definition) is 3. The molecule has 3 saturated heterocycles. The van der Waals surface area contributed by atoms with Gasteiger partial charge in [0, 0.05) is 67.0 Å². The number of imide groups is 2. The van der Waals surface area contributed by atoms with E-state index in [0.717, 1.165) is 22.9 Å². The number of likely N-dealkylation sites (tertiary alicyclic amines) is 2. The summed E-state index contributed by atoms with van der Waals surface area (Å²) in [5, 5.41) is 17.0. The number of nitrogens with zero attached hydrogens (tertiary/aromatic N) is 9. The van der Waals surface area contributed by atoms with Crippen molar-refractivity contribution in [3.05, 3.63) is 107 Å². The van der Waals surface area contributed by atoms with E-state index in [0.29, 0.717) is 61.7 Å². The number of methoxy groups -OCH3 is 1. The molecule has 2 unspecified atom stereocenters. The van der Waals surface area contributed by atoms with Crippen LogP contribution in [0.25, 0.3) is 11.1 Å². The monoisotopic (exact) mass is 964 g/mol. The van der Waals surface area contributed by atoms with E-state index in [1.807, 2.05) is 11.1 Å². The quantitative estimate of drug-likeness (QED) is 0.135. The third-order valence-corrected chi connectivity index (χ3v) is 14.0. The number of carbonyl (C=O) groups is 6. The number of carbonyl (C=O) groups excluding carboxylic acids is 6. The van der Waals surface area contributed by atoms with Crippen LogP contribution in [-0.4, -0.2) is 138 Å². The van der Waals surface area contributed by atoms with Gasteiger partial charge in [-0.3, -0.25) is 43.9 Å². The van der Waals surface area contributed by atoms with Crippen molar-refractivity contribution in [1.82, 2.24) is 45.0 Å². The lowest BCUT2D eigenvalue weighted by Crippen LogP contribution is -2.54. The molecule has 0 aliphatic carbocycles. The Morgan fingerprint density at radius 2 is 1.72 bits per heavy atom. The Balaban J connectivity index is 0.725. The molecule has 0 spiro atoms. The summed E-state index contributed by atoms with van der Waals surface area (Å²) >= 11 is 0. The van der Waals surface area contributed by atoms with Crippen molar-refractivity contribution in [2.75, 3.05) is 63.3 Å². The van der Waals surface area contributed by atoms with Crippen molar-refractivity contribution in [1.29, 1.82) is 0 Å². The number of anilines is 3. The lowest BCUT2D eigenvalue weighted by atomic mass is 9.94. The van der Waals surface area contributed by atoms with Crippen LogP contribution in [0.3, 0.4) is 0 Å². The Morgan fingerprint density at radius 1 is 0.942 bits per heavy atom. The Bertz CT molecular complexity index is 3040. The second kappa shape index (κ2) is 19.2. The van der Waals surface area contributed by atoms with Crippen molar-refractivity contribution >= 4 is 62.5 Å². The molecule has 7 heterocycles. The van der Waals surface area contributed by atoms with Gasteiger partial charge < -0.3 is 20.3 Å². The second-order valence-electron chi connectivity index (χ2n) is 17.3. The van der Waals surface area contributed by atoms with E-state index < -0.39 is 56.9 Å².